The van der Waals surface area contributed by atoms with E-state index < -0.39 is 23.8 Å². The van der Waals surface area contributed by atoms with Gasteiger partial charge in [-0.05, 0) is 0 Å². The van der Waals surface area contributed by atoms with Crippen molar-refractivity contribution in [3.8, 4) is 0 Å². The summed E-state index contributed by atoms with van der Waals surface area (Å²) in [6.45, 7) is 1.99. The molecule has 1 aromatic heterocycles. The highest BCUT2D eigenvalue weighted by Crippen LogP contribution is 2.31. The Morgan fingerprint density at radius 1 is 1.26 bits per heavy atom. The smallest absolute Gasteiger partial charge is 0.414 e. The van der Waals surface area contributed by atoms with E-state index in [9.17, 15) is 13.6 Å². The third-order valence-corrected chi connectivity index (χ3v) is 4.42. The van der Waals surface area contributed by atoms with Crippen molar-refractivity contribution in [1.29, 1.82) is 0 Å². The van der Waals surface area contributed by atoms with Gasteiger partial charge in [0.2, 0.25) is 0 Å². The SMILES string of the molecule is O=C1O[C@@H](Cn2ccnn2)CN1c1cc(F)c(N2CCNOCC2)c(F)c1. The molecule has 144 valence electrons. The molecule has 9 nitrogen and oxygen atoms in total. The second-order valence-corrected chi connectivity index (χ2v) is 6.23. The molecule has 0 bridgehead atoms. The summed E-state index contributed by atoms with van der Waals surface area (Å²) in [6, 6.07) is 2.30. The standard InChI is InChI=1S/C16H18F2N6O3/c17-13-7-11(8-14(18)15(13)22-3-2-20-26-6-5-22)24-10-12(27-16(24)25)9-23-4-1-19-21-23/h1,4,7-8,12,20H,2-3,5-6,9-10H2/t12-/m0/s1. The average Bonchev–Trinajstić information content (AvgIpc) is 3.18. The average molecular weight is 380 g/mol. The maximum atomic E-state index is 14.7. The highest BCUT2D eigenvalue weighted by atomic mass is 19.1. The normalized spacial score (nSPS) is 20.7. The van der Waals surface area contributed by atoms with E-state index in [0.717, 1.165) is 12.1 Å². The summed E-state index contributed by atoms with van der Waals surface area (Å²) in [4.78, 5) is 20.0. The van der Waals surface area contributed by atoms with Crippen molar-refractivity contribution in [2.45, 2.75) is 12.6 Å². The second kappa shape index (κ2) is 7.45. The Hall–Kier alpha value is -2.79. The zero-order valence-corrected chi connectivity index (χ0v) is 14.3. The maximum Gasteiger partial charge on any atom is 0.414 e. The van der Waals surface area contributed by atoms with Gasteiger partial charge >= 0.3 is 6.09 Å². The lowest BCUT2D eigenvalue weighted by molar-refractivity contribution is 0.0589. The number of hydroxylamine groups is 1. The van der Waals surface area contributed by atoms with Crippen LogP contribution in [0.15, 0.2) is 24.5 Å². The number of ether oxygens (including phenoxy) is 1. The lowest BCUT2D eigenvalue weighted by Gasteiger charge is -2.24. The van der Waals surface area contributed by atoms with Crippen molar-refractivity contribution in [1.82, 2.24) is 20.5 Å². The van der Waals surface area contributed by atoms with Crippen molar-refractivity contribution >= 4 is 17.5 Å². The topological polar surface area (TPSA) is 84.8 Å². The number of benzene rings is 1. The Bertz CT molecular complexity index is 787. The van der Waals surface area contributed by atoms with Crippen LogP contribution in [0.4, 0.5) is 25.0 Å². The lowest BCUT2D eigenvalue weighted by Crippen LogP contribution is -2.31. The van der Waals surface area contributed by atoms with Gasteiger partial charge in [-0.2, -0.15) is 0 Å². The van der Waals surface area contributed by atoms with Crippen molar-refractivity contribution in [2.24, 2.45) is 0 Å². The van der Waals surface area contributed by atoms with E-state index in [-0.39, 0.29) is 17.9 Å². The number of hydrogen-bond acceptors (Lipinski definition) is 7. The number of nitrogens with zero attached hydrogens (tertiary/aromatic N) is 5. The molecule has 0 aliphatic carbocycles. The maximum absolute atomic E-state index is 14.7. The van der Waals surface area contributed by atoms with Gasteiger partial charge in [0.05, 0.1) is 31.6 Å². The zero-order chi connectivity index (χ0) is 18.8. The van der Waals surface area contributed by atoms with Crippen LogP contribution in [-0.2, 0) is 16.1 Å². The Morgan fingerprint density at radius 2 is 2.07 bits per heavy atom. The van der Waals surface area contributed by atoms with Crippen LogP contribution < -0.4 is 15.3 Å². The molecule has 0 saturated carbocycles. The number of carbonyl (C=O) groups is 1. The zero-order valence-electron chi connectivity index (χ0n) is 14.3. The summed E-state index contributed by atoms with van der Waals surface area (Å²) in [5, 5.41) is 7.50. The Kier molecular flexibility index (Phi) is 4.86. The van der Waals surface area contributed by atoms with E-state index in [1.165, 1.54) is 15.8 Å². The Morgan fingerprint density at radius 3 is 2.81 bits per heavy atom. The van der Waals surface area contributed by atoms with Crippen LogP contribution in [0.1, 0.15) is 0 Å². The van der Waals surface area contributed by atoms with Crippen molar-refractivity contribution in [3.05, 3.63) is 36.2 Å². The van der Waals surface area contributed by atoms with E-state index in [2.05, 4.69) is 15.8 Å². The Balaban J connectivity index is 1.53. The third-order valence-electron chi connectivity index (χ3n) is 4.42. The van der Waals surface area contributed by atoms with Gasteiger partial charge in [0, 0.05) is 38.0 Å². The van der Waals surface area contributed by atoms with Crippen LogP contribution in [0.5, 0.6) is 0 Å². The molecule has 1 amide bonds. The summed E-state index contributed by atoms with van der Waals surface area (Å²) in [5.74, 6) is -1.47. The van der Waals surface area contributed by atoms with Gasteiger partial charge in [-0.15, -0.1) is 5.10 Å². The summed E-state index contributed by atoms with van der Waals surface area (Å²) in [7, 11) is 0. The molecule has 2 aliphatic rings. The van der Waals surface area contributed by atoms with Crippen molar-refractivity contribution in [3.63, 3.8) is 0 Å². The molecular formula is C16H18F2N6O3. The van der Waals surface area contributed by atoms with Crippen molar-refractivity contribution in [2.75, 3.05) is 42.6 Å². The molecule has 1 aromatic carbocycles. The van der Waals surface area contributed by atoms with E-state index in [1.807, 2.05) is 0 Å². The molecule has 1 atom stereocenters. The molecule has 2 saturated heterocycles. The molecule has 2 aromatic rings. The fourth-order valence-electron chi connectivity index (χ4n) is 3.19. The first-order valence-corrected chi connectivity index (χ1v) is 8.52. The molecule has 27 heavy (non-hydrogen) atoms. The minimum absolute atomic E-state index is 0.115. The lowest BCUT2D eigenvalue weighted by atomic mass is 10.2. The number of amides is 1. The molecule has 4 rings (SSSR count). The van der Waals surface area contributed by atoms with E-state index >= 15 is 0 Å². The number of aromatic nitrogens is 3. The van der Waals surface area contributed by atoms with Gasteiger partial charge in [-0.25, -0.2) is 23.7 Å². The van der Waals surface area contributed by atoms with Crippen LogP contribution in [0, 0.1) is 11.6 Å². The predicted octanol–water partition coefficient (Wildman–Crippen LogP) is 0.923. The van der Waals surface area contributed by atoms with Gasteiger partial charge in [-0.1, -0.05) is 5.21 Å². The molecule has 0 unspecified atom stereocenters. The minimum Gasteiger partial charge on any atom is -0.442 e. The van der Waals surface area contributed by atoms with Crippen LogP contribution in [0.3, 0.4) is 0 Å². The fourth-order valence-corrected chi connectivity index (χ4v) is 3.19. The number of cyclic esters (lactones) is 1. The van der Waals surface area contributed by atoms with Crippen LogP contribution in [-0.4, -0.2) is 60.0 Å². The summed E-state index contributed by atoms with van der Waals surface area (Å²) < 4.78 is 36.1. The number of nitrogens with one attached hydrogen (secondary N) is 1. The van der Waals surface area contributed by atoms with Gasteiger partial charge in [0.15, 0.2) is 11.6 Å². The van der Waals surface area contributed by atoms with Crippen LogP contribution in [0.2, 0.25) is 0 Å². The third kappa shape index (κ3) is 3.69. The first kappa shape index (κ1) is 17.6. The monoisotopic (exact) mass is 380 g/mol. The number of carbonyl (C=O) groups excluding carboxylic acids is 1. The molecule has 0 spiro atoms. The van der Waals surface area contributed by atoms with Crippen molar-refractivity contribution < 1.29 is 23.1 Å². The van der Waals surface area contributed by atoms with E-state index in [1.54, 1.807) is 11.1 Å². The van der Waals surface area contributed by atoms with Crippen LogP contribution in [0.25, 0.3) is 0 Å². The summed E-state index contributed by atoms with van der Waals surface area (Å²) in [5.41, 5.74) is 2.69. The van der Waals surface area contributed by atoms with E-state index in [4.69, 9.17) is 9.57 Å². The number of anilines is 2. The first-order valence-electron chi connectivity index (χ1n) is 8.52. The van der Waals surface area contributed by atoms with Gasteiger partial charge < -0.3 is 9.64 Å². The molecule has 1 N–H and O–H groups in total. The quantitative estimate of drug-likeness (QED) is 0.844. The van der Waals surface area contributed by atoms with Gasteiger partial charge in [-0.3, -0.25) is 9.74 Å². The molecule has 0 radical (unpaired) electrons. The Labute approximate surface area is 153 Å². The molecule has 3 heterocycles. The first-order chi connectivity index (χ1) is 13.1. The number of hydrogen-bond donors (Lipinski definition) is 1. The van der Waals surface area contributed by atoms with Gasteiger partial charge in [0.25, 0.3) is 0 Å². The molecule has 2 fully saturated rings. The molecular weight excluding hydrogens is 362 g/mol. The van der Waals surface area contributed by atoms with Crippen LogP contribution >= 0.6 is 0 Å². The highest BCUT2D eigenvalue weighted by Gasteiger charge is 2.34. The highest BCUT2D eigenvalue weighted by molar-refractivity contribution is 5.90. The summed E-state index contributed by atoms with van der Waals surface area (Å²) in [6.07, 6.45) is 2.02. The second-order valence-electron chi connectivity index (χ2n) is 6.23. The van der Waals surface area contributed by atoms with E-state index in [0.29, 0.717) is 32.8 Å². The largest absolute Gasteiger partial charge is 0.442 e. The molecule has 11 heteroatoms. The summed E-state index contributed by atoms with van der Waals surface area (Å²) >= 11 is 0. The number of halogens is 2. The predicted molar refractivity (Wildman–Crippen MR) is 90.2 cm³/mol. The van der Waals surface area contributed by atoms with Gasteiger partial charge in [0.1, 0.15) is 11.8 Å². The fraction of sp³-hybridized carbons (Fsp3) is 0.438. The number of rotatable bonds is 4. The minimum atomic E-state index is -0.737. The molecule has 2 aliphatic heterocycles.